The highest BCUT2D eigenvalue weighted by Gasteiger charge is 2.28. The van der Waals surface area contributed by atoms with E-state index in [-0.39, 0.29) is 0 Å². The van der Waals surface area contributed by atoms with Crippen molar-refractivity contribution < 1.29 is 4.74 Å². The van der Waals surface area contributed by atoms with Crippen LogP contribution in [-0.2, 0) is 6.54 Å². The van der Waals surface area contributed by atoms with Crippen LogP contribution in [0.4, 0.5) is 5.82 Å². The van der Waals surface area contributed by atoms with Crippen molar-refractivity contribution in [3.05, 3.63) is 23.8 Å². The molecule has 3 rings (SSSR count). The second kappa shape index (κ2) is 5.09. The molecule has 0 bridgehead atoms. The van der Waals surface area contributed by atoms with E-state index < -0.39 is 0 Å². The fourth-order valence-corrected chi connectivity index (χ4v) is 1.96. The van der Waals surface area contributed by atoms with Crippen molar-refractivity contribution >= 4 is 5.82 Å². The molecular formula is C13H18N6O. The van der Waals surface area contributed by atoms with Gasteiger partial charge in [0.1, 0.15) is 5.82 Å². The molecule has 0 radical (unpaired) electrons. The lowest BCUT2D eigenvalue weighted by Gasteiger charge is -2.11. The van der Waals surface area contributed by atoms with Gasteiger partial charge in [-0.25, -0.2) is 10.8 Å². The molecular weight excluding hydrogens is 256 g/mol. The molecule has 1 fully saturated rings. The van der Waals surface area contributed by atoms with E-state index in [0.29, 0.717) is 23.4 Å². The molecule has 0 saturated heterocycles. The van der Waals surface area contributed by atoms with Crippen molar-refractivity contribution in [2.45, 2.75) is 39.2 Å². The highest BCUT2D eigenvalue weighted by Crippen LogP contribution is 2.40. The Bertz CT molecular complexity index is 619. The van der Waals surface area contributed by atoms with Gasteiger partial charge in [-0.15, -0.1) is 0 Å². The molecule has 1 aliphatic carbocycles. The number of nitrogens with zero attached hydrogens (tertiary/aromatic N) is 4. The number of hydrogen-bond acceptors (Lipinski definition) is 6. The van der Waals surface area contributed by atoms with E-state index in [1.165, 1.54) is 0 Å². The molecule has 7 nitrogen and oxygen atoms in total. The molecule has 0 aliphatic heterocycles. The van der Waals surface area contributed by atoms with Crippen LogP contribution in [0.15, 0.2) is 12.4 Å². The van der Waals surface area contributed by atoms with Gasteiger partial charge in [-0.1, -0.05) is 0 Å². The zero-order valence-corrected chi connectivity index (χ0v) is 11.6. The van der Waals surface area contributed by atoms with Gasteiger partial charge in [-0.2, -0.15) is 10.1 Å². The molecule has 20 heavy (non-hydrogen) atoms. The number of hydrogen-bond donors (Lipinski definition) is 2. The maximum Gasteiger partial charge on any atom is 0.227 e. The second-order valence-corrected chi connectivity index (χ2v) is 4.91. The summed E-state index contributed by atoms with van der Waals surface area (Å²) in [7, 11) is 0. The summed E-state index contributed by atoms with van der Waals surface area (Å²) in [5.74, 6) is 8.55. The smallest absolute Gasteiger partial charge is 0.227 e. The fourth-order valence-electron chi connectivity index (χ4n) is 1.96. The lowest BCUT2D eigenvalue weighted by atomic mass is 10.3. The second-order valence-electron chi connectivity index (χ2n) is 4.91. The van der Waals surface area contributed by atoms with Crippen LogP contribution in [0.5, 0.6) is 11.6 Å². The average molecular weight is 274 g/mol. The Morgan fingerprint density at radius 1 is 1.45 bits per heavy atom. The molecule has 0 spiro atoms. The predicted molar refractivity (Wildman–Crippen MR) is 74.5 cm³/mol. The van der Waals surface area contributed by atoms with Crippen LogP contribution in [0.1, 0.15) is 37.1 Å². The summed E-state index contributed by atoms with van der Waals surface area (Å²) in [5, 5.41) is 4.18. The lowest BCUT2D eigenvalue weighted by Crippen LogP contribution is -2.13. The molecule has 0 aromatic carbocycles. The molecule has 7 heteroatoms. The quantitative estimate of drug-likeness (QED) is 0.639. The summed E-state index contributed by atoms with van der Waals surface area (Å²) in [6.07, 6.45) is 5.77. The fraction of sp³-hybridized carbons (Fsp3) is 0.462. The summed E-state index contributed by atoms with van der Waals surface area (Å²) in [6, 6.07) is 0. The number of rotatable bonds is 5. The van der Waals surface area contributed by atoms with Crippen molar-refractivity contribution in [1.82, 2.24) is 19.7 Å². The third kappa shape index (κ3) is 2.44. The summed E-state index contributed by atoms with van der Waals surface area (Å²) in [5.41, 5.74) is 3.40. The maximum atomic E-state index is 5.82. The molecule has 0 amide bonds. The lowest BCUT2D eigenvalue weighted by molar-refractivity contribution is 0.453. The minimum absolute atomic E-state index is 0.434. The van der Waals surface area contributed by atoms with Crippen molar-refractivity contribution in [2.24, 2.45) is 5.84 Å². The van der Waals surface area contributed by atoms with E-state index in [1.807, 2.05) is 20.0 Å². The number of nitrogens with two attached hydrogens (primary N) is 1. The van der Waals surface area contributed by atoms with E-state index in [4.69, 9.17) is 10.6 Å². The Kier molecular flexibility index (Phi) is 3.27. The van der Waals surface area contributed by atoms with E-state index in [0.717, 1.165) is 30.8 Å². The molecule has 2 heterocycles. The zero-order chi connectivity index (χ0) is 14.1. The zero-order valence-electron chi connectivity index (χ0n) is 11.6. The van der Waals surface area contributed by atoms with Crippen LogP contribution >= 0.6 is 0 Å². The normalized spacial score (nSPS) is 14.3. The summed E-state index contributed by atoms with van der Waals surface area (Å²) in [6.45, 7) is 4.70. The van der Waals surface area contributed by atoms with Crippen LogP contribution in [0.3, 0.4) is 0 Å². The average Bonchev–Trinajstić information content (AvgIpc) is 3.21. The van der Waals surface area contributed by atoms with Gasteiger partial charge in [0.25, 0.3) is 0 Å². The van der Waals surface area contributed by atoms with E-state index in [1.54, 1.807) is 10.9 Å². The molecule has 3 N–H and O–H groups in total. The topological polar surface area (TPSA) is 90.9 Å². The third-order valence-corrected chi connectivity index (χ3v) is 3.35. The number of ether oxygens (including phenoxy) is 1. The molecule has 2 aromatic heterocycles. The van der Waals surface area contributed by atoms with Crippen molar-refractivity contribution in [2.75, 3.05) is 5.43 Å². The number of hydrazine groups is 1. The van der Waals surface area contributed by atoms with Crippen LogP contribution in [0.2, 0.25) is 0 Å². The van der Waals surface area contributed by atoms with Crippen molar-refractivity contribution in [3.63, 3.8) is 0 Å². The Morgan fingerprint density at radius 3 is 2.85 bits per heavy atom. The monoisotopic (exact) mass is 274 g/mol. The Balaban J connectivity index is 1.92. The SMILES string of the molecule is CCn1cc(Oc2nc(C3CC3)nc(NN)c2C)cn1. The number of nitrogens with one attached hydrogen (secondary N) is 1. The van der Waals surface area contributed by atoms with Crippen LogP contribution in [0, 0.1) is 6.92 Å². The van der Waals surface area contributed by atoms with E-state index in [9.17, 15) is 0 Å². The van der Waals surface area contributed by atoms with Gasteiger partial charge in [-0.3, -0.25) is 4.68 Å². The first-order valence-corrected chi connectivity index (χ1v) is 6.76. The van der Waals surface area contributed by atoms with Crippen LogP contribution in [-0.4, -0.2) is 19.7 Å². The number of nitrogen functional groups attached to an aromatic ring is 1. The minimum Gasteiger partial charge on any atom is -0.435 e. The van der Waals surface area contributed by atoms with Crippen molar-refractivity contribution in [3.8, 4) is 11.6 Å². The minimum atomic E-state index is 0.434. The summed E-state index contributed by atoms with van der Waals surface area (Å²) in [4.78, 5) is 8.94. The largest absolute Gasteiger partial charge is 0.435 e. The van der Waals surface area contributed by atoms with Crippen LogP contribution < -0.4 is 16.0 Å². The summed E-state index contributed by atoms with van der Waals surface area (Å²) < 4.78 is 7.62. The predicted octanol–water partition coefficient (Wildman–Crippen LogP) is 1.96. The van der Waals surface area contributed by atoms with Gasteiger partial charge in [0.2, 0.25) is 5.88 Å². The Hall–Kier alpha value is -2.15. The molecule has 0 atom stereocenters. The van der Waals surface area contributed by atoms with Crippen molar-refractivity contribution in [1.29, 1.82) is 0 Å². The maximum absolute atomic E-state index is 5.82. The van der Waals surface area contributed by atoms with E-state index in [2.05, 4.69) is 20.5 Å². The van der Waals surface area contributed by atoms with Gasteiger partial charge >= 0.3 is 0 Å². The molecule has 0 unspecified atom stereocenters. The Labute approximate surface area is 117 Å². The van der Waals surface area contributed by atoms with Crippen LogP contribution in [0.25, 0.3) is 0 Å². The number of aromatic nitrogens is 4. The molecule has 2 aromatic rings. The first-order valence-electron chi connectivity index (χ1n) is 6.76. The standard InChI is InChI=1S/C13H18N6O/c1-3-19-7-10(6-15-19)20-13-8(2)11(18-14)16-12(17-13)9-4-5-9/h6-7,9H,3-5,14H2,1-2H3,(H,16,17,18). The van der Waals surface area contributed by atoms with Gasteiger partial charge in [-0.05, 0) is 26.7 Å². The van der Waals surface area contributed by atoms with Gasteiger partial charge < -0.3 is 10.2 Å². The Morgan fingerprint density at radius 2 is 2.25 bits per heavy atom. The first kappa shape index (κ1) is 12.9. The third-order valence-electron chi connectivity index (χ3n) is 3.35. The first-order chi connectivity index (χ1) is 9.71. The van der Waals surface area contributed by atoms with Gasteiger partial charge in [0.05, 0.1) is 18.0 Å². The van der Waals surface area contributed by atoms with Gasteiger partial charge in [0, 0.05) is 12.5 Å². The number of anilines is 1. The molecule has 1 aliphatic rings. The molecule has 1 saturated carbocycles. The summed E-state index contributed by atoms with van der Waals surface area (Å²) >= 11 is 0. The molecule has 106 valence electrons. The highest BCUT2D eigenvalue weighted by molar-refractivity contribution is 5.49. The number of aryl methyl sites for hydroxylation is 1. The van der Waals surface area contributed by atoms with Gasteiger partial charge in [0.15, 0.2) is 11.6 Å². The highest BCUT2D eigenvalue weighted by atomic mass is 16.5. The van der Waals surface area contributed by atoms with E-state index >= 15 is 0 Å².